The Labute approximate surface area is 89.0 Å². The number of rotatable bonds is 2. The van der Waals surface area contributed by atoms with Gasteiger partial charge in [0, 0.05) is 12.2 Å². The van der Waals surface area contributed by atoms with Gasteiger partial charge >= 0.3 is 0 Å². The predicted molar refractivity (Wildman–Crippen MR) is 60.1 cm³/mol. The van der Waals surface area contributed by atoms with Crippen molar-refractivity contribution in [2.45, 2.75) is 13.0 Å². The third kappa shape index (κ3) is 2.19. The number of nitrogens with zero attached hydrogens (tertiary/aromatic N) is 2. The van der Waals surface area contributed by atoms with E-state index in [1.54, 1.807) is 6.20 Å². The maximum absolute atomic E-state index is 5.78. The summed E-state index contributed by atoms with van der Waals surface area (Å²) in [6.07, 6.45) is 1.76. The Morgan fingerprint density at radius 1 is 1.07 bits per heavy atom. The van der Waals surface area contributed by atoms with E-state index in [4.69, 9.17) is 5.73 Å². The predicted octanol–water partition coefficient (Wildman–Crippen LogP) is 2.16. The van der Waals surface area contributed by atoms with Gasteiger partial charge in [0.25, 0.3) is 0 Å². The molecule has 0 amide bonds. The SMILES string of the molecule is C[C@@H](N)c1cccc(-c2ccccn2)n1. The molecule has 2 heterocycles. The fourth-order valence-corrected chi connectivity index (χ4v) is 1.36. The quantitative estimate of drug-likeness (QED) is 0.806. The Hall–Kier alpha value is -1.74. The summed E-state index contributed by atoms with van der Waals surface area (Å²) in [5.74, 6) is 0. The number of aromatic nitrogens is 2. The van der Waals surface area contributed by atoms with Crippen molar-refractivity contribution in [3.8, 4) is 11.4 Å². The molecule has 0 bridgehead atoms. The van der Waals surface area contributed by atoms with Crippen molar-refractivity contribution < 1.29 is 0 Å². The van der Waals surface area contributed by atoms with Crippen LogP contribution < -0.4 is 5.73 Å². The molecule has 0 aromatic carbocycles. The van der Waals surface area contributed by atoms with Crippen molar-refractivity contribution in [1.29, 1.82) is 0 Å². The van der Waals surface area contributed by atoms with E-state index >= 15 is 0 Å². The number of pyridine rings is 2. The summed E-state index contributed by atoms with van der Waals surface area (Å²) < 4.78 is 0. The molecule has 3 heteroatoms. The third-order valence-electron chi connectivity index (χ3n) is 2.16. The van der Waals surface area contributed by atoms with Crippen LogP contribution in [0.3, 0.4) is 0 Å². The zero-order valence-electron chi connectivity index (χ0n) is 8.59. The van der Waals surface area contributed by atoms with E-state index in [9.17, 15) is 0 Å². The zero-order valence-corrected chi connectivity index (χ0v) is 8.59. The lowest BCUT2D eigenvalue weighted by molar-refractivity contribution is 0.782. The van der Waals surface area contributed by atoms with Crippen LogP contribution in [0.5, 0.6) is 0 Å². The summed E-state index contributed by atoms with van der Waals surface area (Å²) in [6, 6.07) is 11.5. The second-order valence-electron chi connectivity index (χ2n) is 3.45. The summed E-state index contributed by atoms with van der Waals surface area (Å²) in [5.41, 5.74) is 8.41. The van der Waals surface area contributed by atoms with Gasteiger partial charge in [0.15, 0.2) is 0 Å². The van der Waals surface area contributed by atoms with Crippen molar-refractivity contribution in [3.05, 3.63) is 48.3 Å². The van der Waals surface area contributed by atoms with Gasteiger partial charge in [-0.15, -0.1) is 0 Å². The van der Waals surface area contributed by atoms with E-state index in [-0.39, 0.29) is 6.04 Å². The average Bonchev–Trinajstić information content (AvgIpc) is 2.30. The maximum Gasteiger partial charge on any atom is 0.0890 e. The van der Waals surface area contributed by atoms with E-state index in [1.807, 2.05) is 43.3 Å². The fraction of sp³-hybridized carbons (Fsp3) is 0.167. The smallest absolute Gasteiger partial charge is 0.0890 e. The van der Waals surface area contributed by atoms with Crippen LogP contribution in [-0.2, 0) is 0 Å². The lowest BCUT2D eigenvalue weighted by atomic mass is 10.2. The normalized spacial score (nSPS) is 12.4. The highest BCUT2D eigenvalue weighted by Gasteiger charge is 2.04. The van der Waals surface area contributed by atoms with Crippen molar-refractivity contribution in [1.82, 2.24) is 9.97 Å². The average molecular weight is 199 g/mol. The Morgan fingerprint density at radius 2 is 1.87 bits per heavy atom. The first kappa shape index (κ1) is 9.80. The van der Waals surface area contributed by atoms with Crippen LogP contribution in [0.1, 0.15) is 18.7 Å². The van der Waals surface area contributed by atoms with Gasteiger partial charge in [-0.25, -0.2) is 4.98 Å². The van der Waals surface area contributed by atoms with E-state index in [0.717, 1.165) is 17.1 Å². The van der Waals surface area contributed by atoms with Crippen LogP contribution in [0.4, 0.5) is 0 Å². The standard InChI is InChI=1S/C12H13N3/c1-9(13)10-6-4-7-12(15-10)11-5-2-3-8-14-11/h2-9H,13H2,1H3/t9-/m1/s1. The first-order chi connectivity index (χ1) is 7.27. The van der Waals surface area contributed by atoms with Crippen LogP contribution in [-0.4, -0.2) is 9.97 Å². The molecule has 0 unspecified atom stereocenters. The molecular formula is C12H13N3. The van der Waals surface area contributed by atoms with E-state index in [1.165, 1.54) is 0 Å². The molecule has 15 heavy (non-hydrogen) atoms. The molecule has 0 spiro atoms. The molecule has 0 saturated carbocycles. The first-order valence-corrected chi connectivity index (χ1v) is 4.91. The van der Waals surface area contributed by atoms with Gasteiger partial charge in [0.05, 0.1) is 17.1 Å². The lowest BCUT2D eigenvalue weighted by Gasteiger charge is -2.06. The number of hydrogen-bond donors (Lipinski definition) is 1. The molecule has 0 radical (unpaired) electrons. The second-order valence-corrected chi connectivity index (χ2v) is 3.45. The first-order valence-electron chi connectivity index (χ1n) is 4.91. The van der Waals surface area contributed by atoms with Crippen molar-refractivity contribution in [3.63, 3.8) is 0 Å². The summed E-state index contributed by atoms with van der Waals surface area (Å²) in [7, 11) is 0. The summed E-state index contributed by atoms with van der Waals surface area (Å²) in [6.45, 7) is 1.92. The Bertz CT molecular complexity index is 438. The van der Waals surface area contributed by atoms with Gasteiger partial charge in [-0.3, -0.25) is 4.98 Å². The molecule has 2 aromatic heterocycles. The molecule has 0 aliphatic carbocycles. The van der Waals surface area contributed by atoms with Gasteiger partial charge in [-0.1, -0.05) is 12.1 Å². The van der Waals surface area contributed by atoms with Crippen LogP contribution in [0.25, 0.3) is 11.4 Å². The van der Waals surface area contributed by atoms with E-state index < -0.39 is 0 Å². The molecule has 0 aliphatic heterocycles. The summed E-state index contributed by atoms with van der Waals surface area (Å²) >= 11 is 0. The number of nitrogens with two attached hydrogens (primary N) is 1. The molecule has 2 N–H and O–H groups in total. The van der Waals surface area contributed by atoms with Crippen LogP contribution >= 0.6 is 0 Å². The maximum atomic E-state index is 5.78. The summed E-state index contributed by atoms with van der Waals surface area (Å²) in [5, 5.41) is 0. The highest BCUT2D eigenvalue weighted by molar-refractivity contribution is 5.53. The molecule has 76 valence electrons. The van der Waals surface area contributed by atoms with Crippen molar-refractivity contribution >= 4 is 0 Å². The highest BCUT2D eigenvalue weighted by atomic mass is 14.8. The Kier molecular flexibility index (Phi) is 2.74. The van der Waals surface area contributed by atoms with Gasteiger partial charge < -0.3 is 5.73 Å². The van der Waals surface area contributed by atoms with Gasteiger partial charge in [0.2, 0.25) is 0 Å². The molecular weight excluding hydrogens is 186 g/mol. The molecule has 0 saturated heterocycles. The molecule has 3 nitrogen and oxygen atoms in total. The minimum atomic E-state index is -0.0475. The van der Waals surface area contributed by atoms with E-state index in [0.29, 0.717) is 0 Å². The molecule has 1 atom stereocenters. The topological polar surface area (TPSA) is 51.8 Å². The summed E-state index contributed by atoms with van der Waals surface area (Å²) in [4.78, 5) is 8.70. The van der Waals surface area contributed by atoms with Crippen molar-refractivity contribution in [2.24, 2.45) is 5.73 Å². The Balaban J connectivity index is 2.42. The number of hydrogen-bond acceptors (Lipinski definition) is 3. The third-order valence-corrected chi connectivity index (χ3v) is 2.16. The van der Waals surface area contributed by atoms with Crippen LogP contribution in [0.2, 0.25) is 0 Å². The minimum Gasteiger partial charge on any atom is -0.323 e. The largest absolute Gasteiger partial charge is 0.323 e. The van der Waals surface area contributed by atoms with Gasteiger partial charge in [-0.05, 0) is 31.2 Å². The fourth-order valence-electron chi connectivity index (χ4n) is 1.36. The van der Waals surface area contributed by atoms with Gasteiger partial charge in [-0.2, -0.15) is 0 Å². The van der Waals surface area contributed by atoms with Crippen molar-refractivity contribution in [2.75, 3.05) is 0 Å². The van der Waals surface area contributed by atoms with Crippen LogP contribution in [0.15, 0.2) is 42.6 Å². The monoisotopic (exact) mass is 199 g/mol. The molecule has 0 fully saturated rings. The van der Waals surface area contributed by atoms with Gasteiger partial charge in [0.1, 0.15) is 0 Å². The Morgan fingerprint density at radius 3 is 2.53 bits per heavy atom. The van der Waals surface area contributed by atoms with Crippen LogP contribution in [0, 0.1) is 0 Å². The lowest BCUT2D eigenvalue weighted by Crippen LogP contribution is -2.07. The van der Waals surface area contributed by atoms with E-state index in [2.05, 4.69) is 9.97 Å². The minimum absolute atomic E-state index is 0.0475. The molecule has 0 aliphatic rings. The zero-order chi connectivity index (χ0) is 10.7. The molecule has 2 aromatic rings. The second kappa shape index (κ2) is 4.19. The highest BCUT2D eigenvalue weighted by Crippen LogP contribution is 2.15. The molecule has 2 rings (SSSR count).